The normalized spacial score (nSPS) is 19.7. The molecule has 0 atom stereocenters. The molecule has 0 aromatic heterocycles. The van der Waals surface area contributed by atoms with Crippen molar-refractivity contribution < 1.29 is 9.59 Å². The van der Waals surface area contributed by atoms with E-state index >= 15 is 0 Å². The number of aryl methyl sites for hydroxylation is 1. The van der Waals surface area contributed by atoms with E-state index < -0.39 is 0 Å². The number of carbonyl (C=O) groups excluding carboxylic acids is 2. The molecule has 1 aliphatic carbocycles. The van der Waals surface area contributed by atoms with E-state index in [2.05, 4.69) is 0 Å². The van der Waals surface area contributed by atoms with Crippen molar-refractivity contribution in [3.63, 3.8) is 0 Å². The summed E-state index contributed by atoms with van der Waals surface area (Å²) in [6.45, 7) is 3.55. The topological polar surface area (TPSA) is 40.6 Å². The Hall–Kier alpha value is -1.84. The van der Waals surface area contributed by atoms with Crippen LogP contribution in [-0.4, -0.2) is 47.3 Å². The first-order valence-electron chi connectivity index (χ1n) is 6.80. The van der Waals surface area contributed by atoms with E-state index in [0.717, 1.165) is 18.4 Å². The smallest absolute Gasteiger partial charge is 0.254 e. The molecule has 1 saturated heterocycles. The standard InChI is InChI=1S/C15H18N2O2/c1-11-2-4-12(5-3-11)15(19)16-8-9-17(13-6-7-13)14(18)10-16/h2-5,13H,6-10H2,1H3. The first-order chi connectivity index (χ1) is 9.15. The Labute approximate surface area is 113 Å². The number of carbonyl (C=O) groups is 2. The Morgan fingerprint density at radius 3 is 2.42 bits per heavy atom. The average molecular weight is 258 g/mol. The van der Waals surface area contributed by atoms with Gasteiger partial charge in [0.15, 0.2) is 0 Å². The lowest BCUT2D eigenvalue weighted by Crippen LogP contribution is -2.52. The molecule has 0 N–H and O–H groups in total. The highest BCUT2D eigenvalue weighted by Gasteiger charge is 2.36. The summed E-state index contributed by atoms with van der Waals surface area (Å²) in [4.78, 5) is 27.9. The van der Waals surface area contributed by atoms with E-state index in [1.54, 1.807) is 4.90 Å². The molecule has 4 nitrogen and oxygen atoms in total. The molecule has 1 aromatic carbocycles. The Bertz CT molecular complexity index is 505. The monoisotopic (exact) mass is 258 g/mol. The summed E-state index contributed by atoms with van der Waals surface area (Å²) >= 11 is 0. The van der Waals surface area contributed by atoms with Crippen molar-refractivity contribution in [2.24, 2.45) is 0 Å². The van der Waals surface area contributed by atoms with Gasteiger partial charge in [-0.25, -0.2) is 0 Å². The molecule has 19 heavy (non-hydrogen) atoms. The van der Waals surface area contributed by atoms with Crippen LogP contribution >= 0.6 is 0 Å². The Balaban J connectivity index is 1.68. The van der Waals surface area contributed by atoms with Crippen molar-refractivity contribution in [1.29, 1.82) is 0 Å². The van der Waals surface area contributed by atoms with Crippen LogP contribution in [0.4, 0.5) is 0 Å². The summed E-state index contributed by atoms with van der Waals surface area (Å²) < 4.78 is 0. The van der Waals surface area contributed by atoms with Crippen LogP contribution in [0.25, 0.3) is 0 Å². The maximum absolute atomic E-state index is 12.3. The van der Waals surface area contributed by atoms with Crippen LogP contribution in [0.3, 0.4) is 0 Å². The summed E-state index contributed by atoms with van der Waals surface area (Å²) in [6.07, 6.45) is 2.25. The lowest BCUT2D eigenvalue weighted by molar-refractivity contribution is -0.135. The van der Waals surface area contributed by atoms with Gasteiger partial charge in [0.1, 0.15) is 6.54 Å². The van der Waals surface area contributed by atoms with Gasteiger partial charge in [-0.2, -0.15) is 0 Å². The summed E-state index contributed by atoms with van der Waals surface area (Å²) in [6, 6.07) is 7.96. The fourth-order valence-electron chi connectivity index (χ4n) is 2.51. The molecular weight excluding hydrogens is 240 g/mol. The number of amides is 2. The predicted molar refractivity (Wildman–Crippen MR) is 71.8 cm³/mol. The molecule has 1 aliphatic heterocycles. The maximum atomic E-state index is 12.3. The SMILES string of the molecule is Cc1ccc(C(=O)N2CCN(C3CC3)C(=O)C2)cc1. The highest BCUT2D eigenvalue weighted by Crippen LogP contribution is 2.28. The highest BCUT2D eigenvalue weighted by atomic mass is 16.2. The van der Waals surface area contributed by atoms with Crippen LogP contribution in [0.15, 0.2) is 24.3 Å². The van der Waals surface area contributed by atoms with Crippen molar-refractivity contribution in [3.05, 3.63) is 35.4 Å². The van der Waals surface area contributed by atoms with Crippen molar-refractivity contribution in [3.8, 4) is 0 Å². The van der Waals surface area contributed by atoms with E-state index in [0.29, 0.717) is 24.7 Å². The summed E-state index contributed by atoms with van der Waals surface area (Å²) in [5.41, 5.74) is 1.80. The first-order valence-corrected chi connectivity index (χ1v) is 6.80. The molecule has 0 spiro atoms. The number of benzene rings is 1. The minimum atomic E-state index is -0.0382. The molecule has 1 saturated carbocycles. The first kappa shape index (κ1) is 12.2. The average Bonchev–Trinajstić information content (AvgIpc) is 3.23. The fraction of sp³-hybridized carbons (Fsp3) is 0.467. The van der Waals surface area contributed by atoms with Crippen LogP contribution in [0.1, 0.15) is 28.8 Å². The predicted octanol–water partition coefficient (Wildman–Crippen LogP) is 1.44. The number of hydrogen-bond donors (Lipinski definition) is 0. The van der Waals surface area contributed by atoms with Gasteiger partial charge in [0.05, 0.1) is 0 Å². The Morgan fingerprint density at radius 1 is 1.16 bits per heavy atom. The third-order valence-corrected chi connectivity index (χ3v) is 3.83. The molecule has 2 aliphatic rings. The summed E-state index contributed by atoms with van der Waals surface area (Å²) in [5.74, 6) is 0.0537. The molecule has 0 unspecified atom stereocenters. The Morgan fingerprint density at radius 2 is 1.84 bits per heavy atom. The van der Waals surface area contributed by atoms with Gasteiger partial charge in [-0.15, -0.1) is 0 Å². The van der Waals surface area contributed by atoms with E-state index in [4.69, 9.17) is 0 Å². The van der Waals surface area contributed by atoms with Crippen LogP contribution in [-0.2, 0) is 4.79 Å². The van der Waals surface area contributed by atoms with Gasteiger partial charge >= 0.3 is 0 Å². The highest BCUT2D eigenvalue weighted by molar-refractivity contribution is 5.97. The van der Waals surface area contributed by atoms with E-state index in [9.17, 15) is 9.59 Å². The molecular formula is C15H18N2O2. The summed E-state index contributed by atoms with van der Waals surface area (Å²) in [5, 5.41) is 0. The van der Waals surface area contributed by atoms with Gasteiger partial charge in [-0.3, -0.25) is 9.59 Å². The third-order valence-electron chi connectivity index (χ3n) is 3.83. The molecule has 1 heterocycles. The van der Waals surface area contributed by atoms with E-state index in [1.165, 1.54) is 0 Å². The van der Waals surface area contributed by atoms with Crippen molar-refractivity contribution in [2.75, 3.05) is 19.6 Å². The lowest BCUT2D eigenvalue weighted by Gasteiger charge is -2.34. The molecule has 0 radical (unpaired) electrons. The van der Waals surface area contributed by atoms with Gasteiger partial charge in [-0.05, 0) is 31.9 Å². The molecule has 1 aromatic rings. The number of hydrogen-bond acceptors (Lipinski definition) is 2. The third kappa shape index (κ3) is 2.48. The number of rotatable bonds is 2. The molecule has 100 valence electrons. The molecule has 2 fully saturated rings. The quantitative estimate of drug-likeness (QED) is 0.805. The van der Waals surface area contributed by atoms with Crippen molar-refractivity contribution >= 4 is 11.8 Å². The zero-order valence-electron chi connectivity index (χ0n) is 11.1. The molecule has 4 heteroatoms. The molecule has 3 rings (SSSR count). The lowest BCUT2D eigenvalue weighted by atomic mass is 10.1. The van der Waals surface area contributed by atoms with Crippen LogP contribution in [0, 0.1) is 6.92 Å². The zero-order chi connectivity index (χ0) is 13.4. The molecule has 2 amide bonds. The maximum Gasteiger partial charge on any atom is 0.254 e. The second kappa shape index (κ2) is 4.68. The van der Waals surface area contributed by atoms with Crippen LogP contribution in [0.2, 0.25) is 0 Å². The second-order valence-corrected chi connectivity index (χ2v) is 5.41. The van der Waals surface area contributed by atoms with Gasteiger partial charge in [0.25, 0.3) is 5.91 Å². The van der Waals surface area contributed by atoms with Crippen LogP contribution in [0.5, 0.6) is 0 Å². The second-order valence-electron chi connectivity index (χ2n) is 5.41. The fourth-order valence-corrected chi connectivity index (χ4v) is 2.51. The number of piperazine rings is 1. The van der Waals surface area contributed by atoms with Crippen LogP contribution < -0.4 is 0 Å². The summed E-state index contributed by atoms with van der Waals surface area (Å²) in [7, 11) is 0. The van der Waals surface area contributed by atoms with Gasteiger partial charge in [-0.1, -0.05) is 17.7 Å². The van der Waals surface area contributed by atoms with Gasteiger partial charge in [0, 0.05) is 24.7 Å². The number of nitrogens with zero attached hydrogens (tertiary/aromatic N) is 2. The van der Waals surface area contributed by atoms with Gasteiger partial charge in [0.2, 0.25) is 5.91 Å². The minimum Gasteiger partial charge on any atom is -0.336 e. The zero-order valence-corrected chi connectivity index (χ0v) is 11.1. The Kier molecular flexibility index (Phi) is 3.01. The largest absolute Gasteiger partial charge is 0.336 e. The van der Waals surface area contributed by atoms with E-state index in [-0.39, 0.29) is 18.4 Å². The minimum absolute atomic E-state index is 0.0382. The van der Waals surface area contributed by atoms with Crippen molar-refractivity contribution in [2.45, 2.75) is 25.8 Å². The molecule has 0 bridgehead atoms. The van der Waals surface area contributed by atoms with E-state index in [1.807, 2.05) is 36.1 Å². The van der Waals surface area contributed by atoms with Gasteiger partial charge < -0.3 is 9.80 Å². The van der Waals surface area contributed by atoms with Crippen molar-refractivity contribution in [1.82, 2.24) is 9.80 Å².